The summed E-state index contributed by atoms with van der Waals surface area (Å²) >= 11 is 0. The highest BCUT2D eigenvalue weighted by atomic mass is 16.5. The lowest BCUT2D eigenvalue weighted by atomic mass is 9.88. The summed E-state index contributed by atoms with van der Waals surface area (Å²) < 4.78 is 5.73. The molecule has 80 valence electrons. The number of hydrogen-bond acceptors (Lipinski definition) is 3. The molecule has 0 radical (unpaired) electrons. The second-order valence-electron chi connectivity index (χ2n) is 4.09. The van der Waals surface area contributed by atoms with E-state index in [1.54, 1.807) is 0 Å². The maximum Gasteiger partial charge on any atom is 0.404 e. The van der Waals surface area contributed by atoms with Gasteiger partial charge in [0.2, 0.25) is 0 Å². The molecule has 3 N–H and O–H groups in total. The molecule has 14 heavy (non-hydrogen) atoms. The Morgan fingerprint density at radius 3 is 2.86 bits per heavy atom. The Bertz CT molecular complexity index is 226. The van der Waals surface area contributed by atoms with E-state index >= 15 is 0 Å². The molecule has 5 heteroatoms. The van der Waals surface area contributed by atoms with Crippen LogP contribution in [0.1, 0.15) is 19.3 Å². The van der Waals surface area contributed by atoms with Crippen molar-refractivity contribution >= 4 is 6.09 Å². The molecule has 0 bridgehead atoms. The van der Waals surface area contributed by atoms with Crippen LogP contribution in [0.5, 0.6) is 0 Å². The molecule has 2 fully saturated rings. The van der Waals surface area contributed by atoms with Crippen LogP contribution in [0, 0.1) is 0 Å². The smallest absolute Gasteiger partial charge is 0.404 e. The Kier molecular flexibility index (Phi) is 2.60. The lowest BCUT2D eigenvalue weighted by Gasteiger charge is -2.32. The van der Waals surface area contributed by atoms with Crippen molar-refractivity contribution in [2.24, 2.45) is 0 Å². The SMILES string of the molecule is O=C(O)N[C@H]1COC2(CCNCC2)C1. The average molecular weight is 200 g/mol. The highest BCUT2D eigenvalue weighted by molar-refractivity contribution is 5.64. The van der Waals surface area contributed by atoms with Crippen molar-refractivity contribution in [3.8, 4) is 0 Å². The standard InChI is InChI=1S/C9H16N2O3/c12-8(13)11-7-5-9(14-6-7)1-3-10-4-2-9/h7,10-11H,1-6H2,(H,12,13)/t7-/m1/s1. The predicted molar refractivity (Wildman–Crippen MR) is 50.4 cm³/mol. The maximum absolute atomic E-state index is 10.4. The minimum atomic E-state index is -0.954. The van der Waals surface area contributed by atoms with Crippen LogP contribution in [0.15, 0.2) is 0 Å². The lowest BCUT2D eigenvalue weighted by Crippen LogP contribution is -2.42. The number of ether oxygens (including phenoxy) is 1. The summed E-state index contributed by atoms with van der Waals surface area (Å²) in [6.07, 6.45) is 1.85. The van der Waals surface area contributed by atoms with Gasteiger partial charge in [0.05, 0.1) is 18.2 Å². The number of rotatable bonds is 1. The van der Waals surface area contributed by atoms with Crippen molar-refractivity contribution in [1.29, 1.82) is 0 Å². The summed E-state index contributed by atoms with van der Waals surface area (Å²) in [7, 11) is 0. The van der Waals surface area contributed by atoms with Crippen molar-refractivity contribution in [3.05, 3.63) is 0 Å². The van der Waals surface area contributed by atoms with Gasteiger partial charge in [0.25, 0.3) is 0 Å². The van der Waals surface area contributed by atoms with E-state index in [9.17, 15) is 4.79 Å². The second kappa shape index (κ2) is 3.74. The highest BCUT2D eigenvalue weighted by Crippen LogP contribution is 2.33. The fraction of sp³-hybridized carbons (Fsp3) is 0.889. The van der Waals surface area contributed by atoms with Gasteiger partial charge in [-0.05, 0) is 32.4 Å². The zero-order valence-electron chi connectivity index (χ0n) is 8.08. The van der Waals surface area contributed by atoms with E-state index in [0.717, 1.165) is 32.4 Å². The molecule has 1 spiro atoms. The first-order chi connectivity index (χ1) is 6.70. The van der Waals surface area contributed by atoms with E-state index in [4.69, 9.17) is 9.84 Å². The first kappa shape index (κ1) is 9.73. The van der Waals surface area contributed by atoms with Crippen LogP contribution in [-0.2, 0) is 4.74 Å². The van der Waals surface area contributed by atoms with E-state index in [2.05, 4.69) is 10.6 Å². The van der Waals surface area contributed by atoms with Gasteiger partial charge in [0.1, 0.15) is 0 Å². The minimum Gasteiger partial charge on any atom is -0.465 e. The normalized spacial score (nSPS) is 30.4. The third kappa shape index (κ3) is 1.99. The minimum absolute atomic E-state index is 0.0226. The molecule has 1 atom stereocenters. The summed E-state index contributed by atoms with van der Waals surface area (Å²) in [4.78, 5) is 10.4. The lowest BCUT2D eigenvalue weighted by molar-refractivity contribution is -0.0194. The van der Waals surface area contributed by atoms with Crippen molar-refractivity contribution in [1.82, 2.24) is 10.6 Å². The van der Waals surface area contributed by atoms with Gasteiger partial charge in [-0.2, -0.15) is 0 Å². The molecule has 5 nitrogen and oxygen atoms in total. The van der Waals surface area contributed by atoms with Gasteiger partial charge in [0.15, 0.2) is 0 Å². The van der Waals surface area contributed by atoms with Gasteiger partial charge in [0, 0.05) is 0 Å². The average Bonchev–Trinajstić information content (AvgIpc) is 2.49. The molecular weight excluding hydrogens is 184 g/mol. The summed E-state index contributed by atoms with van der Waals surface area (Å²) in [5.41, 5.74) is -0.0572. The van der Waals surface area contributed by atoms with Crippen molar-refractivity contribution in [3.63, 3.8) is 0 Å². The number of carbonyl (C=O) groups is 1. The fourth-order valence-corrected chi connectivity index (χ4v) is 2.34. The van der Waals surface area contributed by atoms with Gasteiger partial charge in [-0.1, -0.05) is 0 Å². The largest absolute Gasteiger partial charge is 0.465 e. The monoisotopic (exact) mass is 200 g/mol. The van der Waals surface area contributed by atoms with Gasteiger partial charge in [-0.25, -0.2) is 4.79 Å². The second-order valence-corrected chi connectivity index (χ2v) is 4.09. The number of amides is 1. The van der Waals surface area contributed by atoms with Crippen LogP contribution >= 0.6 is 0 Å². The van der Waals surface area contributed by atoms with Gasteiger partial charge in [-0.3, -0.25) is 0 Å². The Balaban J connectivity index is 1.89. The highest BCUT2D eigenvalue weighted by Gasteiger charge is 2.41. The van der Waals surface area contributed by atoms with Crippen LogP contribution in [-0.4, -0.2) is 42.5 Å². The van der Waals surface area contributed by atoms with E-state index in [1.165, 1.54) is 0 Å². The Hall–Kier alpha value is -0.810. The van der Waals surface area contributed by atoms with E-state index in [1.807, 2.05) is 0 Å². The van der Waals surface area contributed by atoms with Gasteiger partial charge < -0.3 is 20.5 Å². The quantitative estimate of drug-likeness (QED) is 0.564. The molecule has 0 aromatic heterocycles. The topological polar surface area (TPSA) is 70.6 Å². The van der Waals surface area contributed by atoms with Crippen LogP contribution < -0.4 is 10.6 Å². The summed E-state index contributed by atoms with van der Waals surface area (Å²) in [6, 6.07) is -0.0226. The molecule has 0 saturated carbocycles. The maximum atomic E-state index is 10.4. The third-order valence-electron chi connectivity index (χ3n) is 3.05. The number of hydrogen-bond donors (Lipinski definition) is 3. The Morgan fingerprint density at radius 1 is 1.50 bits per heavy atom. The molecule has 0 aromatic carbocycles. The summed E-state index contributed by atoms with van der Waals surface area (Å²) in [5.74, 6) is 0. The molecule has 0 aromatic rings. The molecule has 2 aliphatic heterocycles. The fourth-order valence-electron chi connectivity index (χ4n) is 2.34. The van der Waals surface area contributed by atoms with Crippen LogP contribution in [0.2, 0.25) is 0 Å². The van der Waals surface area contributed by atoms with Gasteiger partial charge >= 0.3 is 6.09 Å². The molecule has 1 amide bonds. The zero-order chi connectivity index (χ0) is 10.0. The molecule has 0 unspecified atom stereocenters. The summed E-state index contributed by atoms with van der Waals surface area (Å²) in [6.45, 7) is 2.46. The Morgan fingerprint density at radius 2 is 2.21 bits per heavy atom. The predicted octanol–water partition coefficient (Wildman–Crippen LogP) is 0.165. The number of piperidine rings is 1. The van der Waals surface area contributed by atoms with Crippen LogP contribution in [0.25, 0.3) is 0 Å². The van der Waals surface area contributed by atoms with Gasteiger partial charge in [-0.15, -0.1) is 0 Å². The van der Waals surface area contributed by atoms with Crippen molar-refractivity contribution < 1.29 is 14.6 Å². The molecule has 2 aliphatic rings. The first-order valence-corrected chi connectivity index (χ1v) is 5.04. The molecular formula is C9H16N2O3. The van der Waals surface area contributed by atoms with Crippen LogP contribution in [0.3, 0.4) is 0 Å². The number of carboxylic acid groups (broad SMARTS) is 1. The van der Waals surface area contributed by atoms with Crippen LogP contribution in [0.4, 0.5) is 4.79 Å². The third-order valence-corrected chi connectivity index (χ3v) is 3.05. The zero-order valence-corrected chi connectivity index (χ0v) is 8.08. The van der Waals surface area contributed by atoms with E-state index in [0.29, 0.717) is 6.61 Å². The molecule has 2 heterocycles. The molecule has 2 saturated heterocycles. The van der Waals surface area contributed by atoms with E-state index in [-0.39, 0.29) is 11.6 Å². The number of nitrogens with one attached hydrogen (secondary N) is 2. The Labute approximate surface area is 82.8 Å². The first-order valence-electron chi connectivity index (χ1n) is 5.04. The van der Waals surface area contributed by atoms with Crippen molar-refractivity contribution in [2.45, 2.75) is 30.9 Å². The molecule has 2 rings (SSSR count). The van der Waals surface area contributed by atoms with Crippen molar-refractivity contribution in [2.75, 3.05) is 19.7 Å². The van der Waals surface area contributed by atoms with E-state index < -0.39 is 6.09 Å². The summed E-state index contributed by atoms with van der Waals surface area (Å²) in [5, 5.41) is 14.3. The molecule has 0 aliphatic carbocycles.